The molecule has 0 radical (unpaired) electrons. The zero-order valence-electron chi connectivity index (χ0n) is 7.70. The summed E-state index contributed by atoms with van der Waals surface area (Å²) in [5.74, 6) is 0.609. The molecule has 0 atom stereocenters. The summed E-state index contributed by atoms with van der Waals surface area (Å²) in [6, 6.07) is 0. The Balaban J connectivity index is 2.77. The van der Waals surface area contributed by atoms with Gasteiger partial charge in [-0.3, -0.25) is 9.67 Å². The van der Waals surface area contributed by atoms with Gasteiger partial charge in [0.25, 0.3) is 0 Å². The van der Waals surface area contributed by atoms with Crippen molar-refractivity contribution in [2.24, 2.45) is 17.8 Å². The lowest BCUT2D eigenvalue weighted by Gasteiger charge is -1.96. The molecule has 4 nitrogen and oxygen atoms in total. The third-order valence-corrected chi connectivity index (χ3v) is 1.84. The molecule has 0 spiro atoms. The van der Waals surface area contributed by atoms with Crippen molar-refractivity contribution in [3.63, 3.8) is 0 Å². The van der Waals surface area contributed by atoms with Gasteiger partial charge >= 0.3 is 0 Å². The van der Waals surface area contributed by atoms with Gasteiger partial charge in [0.15, 0.2) is 0 Å². The number of rotatable bonds is 2. The number of amidine groups is 1. The average molecular weight is 166 g/mol. The number of nitrogens with zero attached hydrogens (tertiary/aromatic N) is 3. The van der Waals surface area contributed by atoms with Crippen molar-refractivity contribution >= 4 is 5.84 Å². The van der Waals surface area contributed by atoms with Gasteiger partial charge in [-0.05, 0) is 13.8 Å². The first-order valence-corrected chi connectivity index (χ1v) is 3.85. The van der Waals surface area contributed by atoms with Crippen LogP contribution in [-0.4, -0.2) is 15.6 Å². The quantitative estimate of drug-likeness (QED) is 0.517. The fourth-order valence-corrected chi connectivity index (χ4v) is 0.909. The molecule has 4 heteroatoms. The molecular formula is C8H14N4. The molecule has 0 fully saturated rings. The van der Waals surface area contributed by atoms with E-state index in [1.54, 1.807) is 6.92 Å². The minimum atomic E-state index is 0.609. The van der Waals surface area contributed by atoms with Crippen molar-refractivity contribution in [3.8, 4) is 0 Å². The summed E-state index contributed by atoms with van der Waals surface area (Å²) >= 11 is 0. The van der Waals surface area contributed by atoms with Crippen LogP contribution in [0.2, 0.25) is 0 Å². The Labute approximate surface area is 72.1 Å². The number of hydrogen-bond donors (Lipinski definition) is 1. The summed E-state index contributed by atoms with van der Waals surface area (Å²) in [7, 11) is 1.91. The summed E-state index contributed by atoms with van der Waals surface area (Å²) in [6.45, 7) is 4.43. The molecule has 2 N–H and O–H groups in total. The van der Waals surface area contributed by atoms with Crippen LogP contribution in [0.25, 0.3) is 0 Å². The van der Waals surface area contributed by atoms with E-state index in [0.717, 1.165) is 11.3 Å². The standard InChI is InChI=1S/C8H14N4/c1-6-8(4-10-7(2)9)5-11-12(6)3/h5H,4H2,1-3H3,(H2,9,10). The Morgan fingerprint density at radius 3 is 2.83 bits per heavy atom. The van der Waals surface area contributed by atoms with E-state index in [4.69, 9.17) is 5.73 Å². The molecule has 0 unspecified atom stereocenters. The smallest absolute Gasteiger partial charge is 0.0909 e. The minimum Gasteiger partial charge on any atom is -0.388 e. The molecule has 0 aliphatic rings. The van der Waals surface area contributed by atoms with Crippen LogP contribution in [0.15, 0.2) is 11.2 Å². The Kier molecular flexibility index (Phi) is 2.47. The van der Waals surface area contributed by atoms with Crippen molar-refractivity contribution in [2.45, 2.75) is 20.4 Å². The van der Waals surface area contributed by atoms with Crippen molar-refractivity contribution < 1.29 is 0 Å². The van der Waals surface area contributed by atoms with E-state index >= 15 is 0 Å². The summed E-state index contributed by atoms with van der Waals surface area (Å²) < 4.78 is 1.83. The molecule has 1 aromatic heterocycles. The van der Waals surface area contributed by atoms with Gasteiger partial charge in [0, 0.05) is 18.3 Å². The van der Waals surface area contributed by atoms with Gasteiger partial charge in [0.05, 0.1) is 18.6 Å². The highest BCUT2D eigenvalue weighted by molar-refractivity contribution is 5.77. The van der Waals surface area contributed by atoms with E-state index in [1.807, 2.05) is 24.9 Å². The highest BCUT2D eigenvalue weighted by Crippen LogP contribution is 2.06. The van der Waals surface area contributed by atoms with Crippen LogP contribution >= 0.6 is 0 Å². The Morgan fingerprint density at radius 2 is 2.42 bits per heavy atom. The molecule has 1 aromatic rings. The third kappa shape index (κ3) is 1.84. The van der Waals surface area contributed by atoms with Crippen molar-refractivity contribution in [2.75, 3.05) is 0 Å². The van der Waals surface area contributed by atoms with Crippen LogP contribution in [0.1, 0.15) is 18.2 Å². The topological polar surface area (TPSA) is 56.2 Å². The Hall–Kier alpha value is -1.32. The molecular weight excluding hydrogens is 152 g/mol. The predicted octanol–water partition coefficient (Wildman–Crippen LogP) is 0.606. The fourth-order valence-electron chi connectivity index (χ4n) is 0.909. The summed E-state index contributed by atoms with van der Waals surface area (Å²) in [6.07, 6.45) is 1.82. The van der Waals surface area contributed by atoms with Gasteiger partial charge in [0.1, 0.15) is 0 Å². The lowest BCUT2D eigenvalue weighted by molar-refractivity contribution is 0.737. The highest BCUT2D eigenvalue weighted by Gasteiger charge is 2.01. The first-order valence-electron chi connectivity index (χ1n) is 3.85. The second-order valence-electron chi connectivity index (χ2n) is 2.84. The number of nitrogens with two attached hydrogens (primary N) is 1. The van der Waals surface area contributed by atoms with E-state index in [1.165, 1.54) is 0 Å². The Morgan fingerprint density at radius 1 is 1.75 bits per heavy atom. The monoisotopic (exact) mass is 166 g/mol. The summed E-state index contributed by atoms with van der Waals surface area (Å²) in [4.78, 5) is 4.11. The van der Waals surface area contributed by atoms with Crippen LogP contribution in [-0.2, 0) is 13.6 Å². The van der Waals surface area contributed by atoms with Gasteiger partial charge in [-0.1, -0.05) is 0 Å². The van der Waals surface area contributed by atoms with Crippen LogP contribution < -0.4 is 5.73 Å². The van der Waals surface area contributed by atoms with Gasteiger partial charge in [-0.15, -0.1) is 0 Å². The molecule has 0 aliphatic heterocycles. The fraction of sp³-hybridized carbons (Fsp3) is 0.500. The molecule has 0 saturated heterocycles. The number of aromatic nitrogens is 2. The highest BCUT2D eigenvalue weighted by atomic mass is 15.3. The second-order valence-corrected chi connectivity index (χ2v) is 2.84. The predicted molar refractivity (Wildman–Crippen MR) is 48.9 cm³/mol. The van der Waals surface area contributed by atoms with Gasteiger partial charge in [0.2, 0.25) is 0 Å². The molecule has 0 aliphatic carbocycles. The first-order chi connectivity index (χ1) is 5.61. The maximum atomic E-state index is 5.42. The van der Waals surface area contributed by atoms with Crippen LogP contribution in [0.4, 0.5) is 0 Å². The molecule has 0 amide bonds. The SMILES string of the molecule is CC(N)=NCc1cnn(C)c1C. The molecule has 0 bridgehead atoms. The largest absolute Gasteiger partial charge is 0.388 e. The lowest BCUT2D eigenvalue weighted by atomic mass is 10.3. The van der Waals surface area contributed by atoms with E-state index in [0.29, 0.717) is 12.4 Å². The third-order valence-electron chi connectivity index (χ3n) is 1.84. The molecule has 0 saturated carbocycles. The zero-order valence-corrected chi connectivity index (χ0v) is 7.70. The molecule has 12 heavy (non-hydrogen) atoms. The van der Waals surface area contributed by atoms with Crippen LogP contribution in [0, 0.1) is 6.92 Å². The summed E-state index contributed by atoms with van der Waals surface area (Å²) in [5.41, 5.74) is 7.69. The van der Waals surface area contributed by atoms with Crippen molar-refractivity contribution in [3.05, 3.63) is 17.5 Å². The van der Waals surface area contributed by atoms with E-state index in [-0.39, 0.29) is 0 Å². The molecule has 1 heterocycles. The minimum absolute atomic E-state index is 0.609. The maximum Gasteiger partial charge on any atom is 0.0909 e. The number of aliphatic imine (C=N–C) groups is 1. The second kappa shape index (κ2) is 3.38. The van der Waals surface area contributed by atoms with Crippen molar-refractivity contribution in [1.29, 1.82) is 0 Å². The molecule has 0 aromatic carbocycles. The Bertz CT molecular complexity index is 294. The van der Waals surface area contributed by atoms with Crippen molar-refractivity contribution in [1.82, 2.24) is 9.78 Å². The van der Waals surface area contributed by atoms with E-state index in [9.17, 15) is 0 Å². The van der Waals surface area contributed by atoms with Gasteiger partial charge in [-0.2, -0.15) is 5.10 Å². The molecule has 66 valence electrons. The summed E-state index contributed by atoms with van der Waals surface area (Å²) in [5, 5.41) is 4.10. The van der Waals surface area contributed by atoms with Crippen LogP contribution in [0.5, 0.6) is 0 Å². The maximum absolute atomic E-state index is 5.42. The number of aryl methyl sites for hydroxylation is 1. The van der Waals surface area contributed by atoms with E-state index in [2.05, 4.69) is 10.1 Å². The van der Waals surface area contributed by atoms with Crippen LogP contribution in [0.3, 0.4) is 0 Å². The lowest BCUT2D eigenvalue weighted by Crippen LogP contribution is -2.05. The zero-order chi connectivity index (χ0) is 9.14. The first kappa shape index (κ1) is 8.77. The normalized spacial score (nSPS) is 12.1. The van der Waals surface area contributed by atoms with E-state index < -0.39 is 0 Å². The van der Waals surface area contributed by atoms with Gasteiger partial charge in [-0.25, -0.2) is 0 Å². The average Bonchev–Trinajstić information content (AvgIpc) is 2.30. The van der Waals surface area contributed by atoms with Gasteiger partial charge < -0.3 is 5.73 Å². The number of hydrogen-bond acceptors (Lipinski definition) is 2. The molecule has 1 rings (SSSR count).